The Morgan fingerprint density at radius 1 is 1.14 bits per heavy atom. The Kier molecular flexibility index (Phi) is 10.0. The molecule has 0 bridgehead atoms. The molecular formula is C38H56ClN3O7. The quantitative estimate of drug-likeness (QED) is 0.270. The highest BCUT2D eigenvalue weighted by Crippen LogP contribution is 2.53. The van der Waals surface area contributed by atoms with E-state index in [0.717, 1.165) is 44.0 Å². The van der Waals surface area contributed by atoms with Crippen LogP contribution < -0.4 is 10.4 Å². The van der Waals surface area contributed by atoms with Gasteiger partial charge in [-0.3, -0.25) is 24.8 Å². The maximum Gasteiger partial charge on any atom is 0.323 e. The smallest absolute Gasteiger partial charge is 0.323 e. The molecule has 1 aromatic carbocycles. The van der Waals surface area contributed by atoms with Gasteiger partial charge in [-0.15, -0.1) is 0 Å². The van der Waals surface area contributed by atoms with Crippen LogP contribution in [0, 0.1) is 35.0 Å². The van der Waals surface area contributed by atoms with Crippen molar-refractivity contribution in [2.75, 3.05) is 31.7 Å². The molecular weight excluding hydrogens is 646 g/mol. The van der Waals surface area contributed by atoms with E-state index in [-0.39, 0.29) is 30.1 Å². The molecule has 49 heavy (non-hydrogen) atoms. The molecule has 3 aliphatic heterocycles. The normalized spacial score (nSPS) is 37.4. The van der Waals surface area contributed by atoms with Gasteiger partial charge in [0.25, 0.3) is 0 Å². The summed E-state index contributed by atoms with van der Waals surface area (Å²) in [6.45, 7) is 17.6. The first-order valence-electron chi connectivity index (χ1n) is 18.1. The van der Waals surface area contributed by atoms with Crippen LogP contribution in [-0.4, -0.2) is 83.8 Å². The summed E-state index contributed by atoms with van der Waals surface area (Å²) in [4.78, 5) is 35.1. The molecule has 5 aliphatic rings. The number of para-hydroxylation sites is 1. The number of benzene rings is 1. The molecule has 0 aromatic heterocycles. The van der Waals surface area contributed by atoms with Crippen molar-refractivity contribution in [3.05, 3.63) is 40.4 Å². The van der Waals surface area contributed by atoms with E-state index in [4.69, 9.17) is 25.9 Å². The summed E-state index contributed by atoms with van der Waals surface area (Å²) in [7, 11) is 1.70. The number of ether oxygens (including phenoxy) is 2. The lowest BCUT2D eigenvalue weighted by Gasteiger charge is -2.56. The predicted octanol–water partition coefficient (Wildman–Crippen LogP) is 5.19. The first-order chi connectivity index (χ1) is 22.9. The van der Waals surface area contributed by atoms with Crippen molar-refractivity contribution >= 4 is 29.2 Å². The van der Waals surface area contributed by atoms with Gasteiger partial charge in [0.15, 0.2) is 18.4 Å². The number of hydroxylamine groups is 1. The Morgan fingerprint density at radius 3 is 2.49 bits per heavy atom. The van der Waals surface area contributed by atoms with E-state index in [2.05, 4.69) is 44.0 Å². The average Bonchev–Trinajstić information content (AvgIpc) is 3.37. The summed E-state index contributed by atoms with van der Waals surface area (Å²) in [5, 5.41) is 29.8. The number of fused-ring (bicyclic) bond motifs is 4. The Balaban J connectivity index is 1.24. The predicted molar refractivity (Wildman–Crippen MR) is 187 cm³/mol. The van der Waals surface area contributed by atoms with Gasteiger partial charge in [-0.1, -0.05) is 64.4 Å². The zero-order chi connectivity index (χ0) is 35.6. The minimum absolute atomic E-state index is 0.0274. The number of likely N-dealkylation sites (tertiary alicyclic amines) is 1. The monoisotopic (exact) mass is 701 g/mol. The van der Waals surface area contributed by atoms with Gasteiger partial charge in [0, 0.05) is 38.4 Å². The number of hydrogen-bond donors (Lipinski definition) is 3. The number of rotatable bonds is 6. The first-order valence-corrected chi connectivity index (χ1v) is 18.5. The van der Waals surface area contributed by atoms with Gasteiger partial charge in [0.05, 0.1) is 10.7 Å². The third-order valence-corrected chi connectivity index (χ3v) is 12.9. The zero-order valence-corrected chi connectivity index (χ0v) is 31.1. The van der Waals surface area contributed by atoms with Crippen LogP contribution in [0.5, 0.6) is 0 Å². The summed E-state index contributed by atoms with van der Waals surface area (Å²) in [5.74, 6) is -0.528. The SMILES string of the molecule is CC(=O)O[C@@H]1C(C)=C[C@@H]2[C@H](C(C)CN3CCC(C(C)(C)C)CC3)CC[C@@H](C)[C@]2(O)[C@H]1OC(=O)[C@@H]1C[C@@]2(O)c3cccc(Cl)c3N(C)O[C@H]2N1. The van der Waals surface area contributed by atoms with E-state index in [1.807, 2.05) is 13.8 Å². The number of esters is 2. The largest absolute Gasteiger partial charge is 0.454 e. The molecule has 0 amide bonds. The average molecular weight is 702 g/mol. The molecule has 0 radical (unpaired) electrons. The summed E-state index contributed by atoms with van der Waals surface area (Å²) >= 11 is 6.47. The summed E-state index contributed by atoms with van der Waals surface area (Å²) in [5.41, 5.74) is -0.851. The lowest BCUT2D eigenvalue weighted by Crippen LogP contribution is -2.66. The van der Waals surface area contributed by atoms with Crippen LogP contribution in [0.4, 0.5) is 5.69 Å². The molecule has 2 saturated heterocycles. The minimum Gasteiger partial charge on any atom is -0.454 e. The molecule has 1 aromatic rings. The maximum atomic E-state index is 14.1. The van der Waals surface area contributed by atoms with Crippen molar-refractivity contribution in [2.24, 2.45) is 35.0 Å². The van der Waals surface area contributed by atoms with Gasteiger partial charge in [-0.25, -0.2) is 0 Å². The molecule has 1 unspecified atom stereocenters. The molecule has 3 heterocycles. The highest BCUT2D eigenvalue weighted by Gasteiger charge is 2.62. The molecule has 11 heteroatoms. The molecule has 6 rings (SSSR count). The standard InChI is InChI=1S/C38H56ClN3O7/c1-21-18-28-26(22(2)20-42-16-14-25(15-17-42)36(5,6)7)13-12-23(3)38(28,46)33(32(21)47-24(4)43)48-34(44)30-19-37(45)27-10-9-11-29(39)31(27)41(8)49-35(37)40-30/h9-11,18,22-23,25-26,28,30,32-33,35,40,45-46H,12-17,19-20H2,1-8H3/t22?,23-,26+,28-,30+,32-,33+,35-,37-,38-/m1/s1. The molecule has 3 fully saturated rings. The van der Waals surface area contributed by atoms with Crippen LogP contribution in [0.2, 0.25) is 5.02 Å². The van der Waals surface area contributed by atoms with Crippen LogP contribution in [0.1, 0.15) is 86.1 Å². The van der Waals surface area contributed by atoms with Crippen LogP contribution in [0.25, 0.3) is 0 Å². The Labute approximate surface area is 296 Å². The van der Waals surface area contributed by atoms with Crippen LogP contribution in [0.15, 0.2) is 29.8 Å². The number of piperidine rings is 1. The summed E-state index contributed by atoms with van der Waals surface area (Å²) in [6.07, 6.45) is 3.14. The van der Waals surface area contributed by atoms with Crippen molar-refractivity contribution in [1.29, 1.82) is 0 Å². The van der Waals surface area contributed by atoms with Gasteiger partial charge in [0.2, 0.25) is 0 Å². The van der Waals surface area contributed by atoms with Gasteiger partial charge in [-0.2, -0.15) is 0 Å². The van der Waals surface area contributed by atoms with E-state index in [0.29, 0.717) is 21.7 Å². The van der Waals surface area contributed by atoms with Crippen molar-refractivity contribution < 1.29 is 34.1 Å². The minimum atomic E-state index is -1.55. The van der Waals surface area contributed by atoms with E-state index in [9.17, 15) is 19.8 Å². The van der Waals surface area contributed by atoms with Crippen molar-refractivity contribution in [1.82, 2.24) is 10.2 Å². The fourth-order valence-corrected chi connectivity index (χ4v) is 9.98. The molecule has 10 nitrogen and oxygen atoms in total. The molecule has 1 saturated carbocycles. The number of anilines is 1. The van der Waals surface area contributed by atoms with Crippen molar-refractivity contribution in [3.8, 4) is 0 Å². The van der Waals surface area contributed by atoms with Gasteiger partial charge in [0.1, 0.15) is 17.2 Å². The van der Waals surface area contributed by atoms with E-state index >= 15 is 0 Å². The Hall–Kier alpha value is -2.21. The molecule has 2 aliphatic carbocycles. The number of hydrogen-bond acceptors (Lipinski definition) is 10. The second-order valence-corrected chi connectivity index (χ2v) is 17.1. The number of aliphatic hydroxyl groups is 2. The fourth-order valence-electron chi connectivity index (χ4n) is 9.68. The number of carbonyl (C=O) groups excluding carboxylic acids is 2. The fraction of sp³-hybridized carbons (Fsp3) is 0.737. The molecule has 10 atom stereocenters. The molecule has 0 spiro atoms. The van der Waals surface area contributed by atoms with Gasteiger partial charge in [-0.05, 0) is 86.4 Å². The lowest BCUT2D eigenvalue weighted by atomic mass is 9.55. The van der Waals surface area contributed by atoms with E-state index in [1.165, 1.54) is 24.8 Å². The van der Waals surface area contributed by atoms with E-state index in [1.54, 1.807) is 25.2 Å². The van der Waals surface area contributed by atoms with Crippen LogP contribution in [-0.2, 0) is 29.5 Å². The number of carbonyl (C=O) groups is 2. The second kappa shape index (κ2) is 13.4. The van der Waals surface area contributed by atoms with Crippen molar-refractivity contribution in [3.63, 3.8) is 0 Å². The van der Waals surface area contributed by atoms with E-state index < -0.39 is 47.6 Å². The lowest BCUT2D eigenvalue weighted by molar-refractivity contribution is -0.225. The van der Waals surface area contributed by atoms with Crippen LogP contribution in [0.3, 0.4) is 0 Å². The second-order valence-electron chi connectivity index (χ2n) is 16.7. The highest BCUT2D eigenvalue weighted by molar-refractivity contribution is 6.33. The number of nitrogens with zero attached hydrogens (tertiary/aromatic N) is 2. The molecule has 272 valence electrons. The highest BCUT2D eigenvalue weighted by atomic mass is 35.5. The topological polar surface area (TPSA) is 121 Å². The zero-order valence-electron chi connectivity index (χ0n) is 30.4. The summed E-state index contributed by atoms with van der Waals surface area (Å²) in [6, 6.07) is 4.30. The summed E-state index contributed by atoms with van der Waals surface area (Å²) < 4.78 is 12.1. The number of nitrogens with one attached hydrogen (secondary N) is 1. The maximum absolute atomic E-state index is 14.1. The van der Waals surface area contributed by atoms with Crippen LogP contribution >= 0.6 is 11.6 Å². The Morgan fingerprint density at radius 2 is 1.84 bits per heavy atom. The molecule has 3 N–H and O–H groups in total. The third kappa shape index (κ3) is 6.55. The number of halogens is 1. The van der Waals surface area contributed by atoms with Crippen molar-refractivity contribution in [2.45, 2.75) is 116 Å². The Bertz CT molecular complexity index is 1460. The van der Waals surface area contributed by atoms with Gasteiger partial charge < -0.3 is 24.6 Å². The van der Waals surface area contributed by atoms with Gasteiger partial charge >= 0.3 is 11.9 Å². The third-order valence-electron chi connectivity index (χ3n) is 12.6. The first kappa shape index (κ1) is 36.6.